The van der Waals surface area contributed by atoms with Crippen LogP contribution >= 0.6 is 23.2 Å². The molecule has 8 heteroatoms. The Balaban J connectivity index is 1.69. The zero-order valence-electron chi connectivity index (χ0n) is 17.7. The van der Waals surface area contributed by atoms with E-state index in [1.54, 1.807) is 54.6 Å². The van der Waals surface area contributed by atoms with Crippen LogP contribution in [0.1, 0.15) is 30.0 Å². The van der Waals surface area contributed by atoms with Crippen molar-refractivity contribution in [1.29, 1.82) is 0 Å². The molecule has 3 aromatic carbocycles. The van der Waals surface area contributed by atoms with Crippen molar-refractivity contribution in [1.82, 2.24) is 9.88 Å². The van der Waals surface area contributed by atoms with Crippen LogP contribution in [0, 0.1) is 0 Å². The van der Waals surface area contributed by atoms with Crippen molar-refractivity contribution in [2.45, 2.75) is 26.1 Å². The van der Waals surface area contributed by atoms with Gasteiger partial charge in [0.05, 0.1) is 6.54 Å². The summed E-state index contributed by atoms with van der Waals surface area (Å²) >= 11 is 12.2. The van der Waals surface area contributed by atoms with E-state index in [-0.39, 0.29) is 13.1 Å². The van der Waals surface area contributed by atoms with Crippen LogP contribution in [0.15, 0.2) is 77.2 Å². The average molecular weight is 483 g/mol. The first-order valence-electron chi connectivity index (χ1n) is 10.2. The second-order valence-electron chi connectivity index (χ2n) is 7.44. The van der Waals surface area contributed by atoms with Crippen LogP contribution in [0.25, 0.3) is 11.1 Å². The highest BCUT2D eigenvalue weighted by Crippen LogP contribution is 2.26. The third-order valence-corrected chi connectivity index (χ3v) is 5.37. The van der Waals surface area contributed by atoms with Crippen molar-refractivity contribution in [2.24, 2.45) is 0 Å². The number of esters is 1. The summed E-state index contributed by atoms with van der Waals surface area (Å²) in [5.74, 6) is -0.634. The Kier molecular flexibility index (Phi) is 6.96. The number of fused-ring (bicyclic) bond motifs is 1. The minimum atomic E-state index is -1.11. The van der Waals surface area contributed by atoms with Crippen LogP contribution in [0.2, 0.25) is 10.0 Å². The molecule has 0 N–H and O–H groups in total. The van der Waals surface area contributed by atoms with Crippen molar-refractivity contribution in [2.75, 3.05) is 0 Å². The fourth-order valence-corrected chi connectivity index (χ4v) is 3.85. The maximum Gasteiger partial charge on any atom is 0.303 e. The number of hydrogen-bond donors (Lipinski definition) is 0. The number of rotatable bonds is 7. The van der Waals surface area contributed by atoms with E-state index >= 15 is 0 Å². The van der Waals surface area contributed by atoms with Crippen LogP contribution in [0.3, 0.4) is 0 Å². The van der Waals surface area contributed by atoms with Gasteiger partial charge in [-0.3, -0.25) is 9.59 Å². The minimum absolute atomic E-state index is 0.0578. The molecule has 0 bridgehead atoms. The third-order valence-electron chi connectivity index (χ3n) is 4.90. The maximum atomic E-state index is 13.7. The lowest BCUT2D eigenvalue weighted by molar-refractivity contribution is -0.160. The number of nitrogens with zero attached hydrogens (tertiary/aromatic N) is 2. The number of halogens is 2. The predicted molar refractivity (Wildman–Crippen MR) is 126 cm³/mol. The monoisotopic (exact) mass is 482 g/mol. The molecule has 1 amide bonds. The van der Waals surface area contributed by atoms with Crippen molar-refractivity contribution in [3.63, 3.8) is 0 Å². The molecule has 0 saturated heterocycles. The number of hydrogen-bond acceptors (Lipinski definition) is 5. The quantitative estimate of drug-likeness (QED) is 0.303. The molecule has 0 aliphatic heterocycles. The second-order valence-corrected chi connectivity index (χ2v) is 8.32. The smallest absolute Gasteiger partial charge is 0.303 e. The van der Waals surface area contributed by atoms with Crippen molar-refractivity contribution >= 4 is 46.2 Å². The van der Waals surface area contributed by atoms with Crippen LogP contribution in [0.4, 0.5) is 0 Å². The number of carbonyl (C=O) groups excluding carboxylic acids is 2. The van der Waals surface area contributed by atoms with Gasteiger partial charge in [-0.2, -0.15) is 0 Å². The molecular weight excluding hydrogens is 463 g/mol. The van der Waals surface area contributed by atoms with Crippen LogP contribution in [-0.4, -0.2) is 21.8 Å². The molecule has 1 heterocycles. The summed E-state index contributed by atoms with van der Waals surface area (Å²) in [7, 11) is 0. The van der Waals surface area contributed by atoms with Gasteiger partial charge in [-0.15, -0.1) is 0 Å². The van der Waals surface area contributed by atoms with E-state index in [1.807, 2.05) is 18.2 Å². The molecule has 0 unspecified atom stereocenters. The van der Waals surface area contributed by atoms with E-state index < -0.39 is 18.0 Å². The topological polar surface area (TPSA) is 72.6 Å². The lowest BCUT2D eigenvalue weighted by Crippen LogP contribution is -2.36. The zero-order chi connectivity index (χ0) is 23.4. The molecule has 0 spiro atoms. The van der Waals surface area contributed by atoms with Crippen molar-refractivity contribution < 1.29 is 18.7 Å². The van der Waals surface area contributed by atoms with Gasteiger partial charge in [0, 0.05) is 29.1 Å². The summed E-state index contributed by atoms with van der Waals surface area (Å²) in [5, 5.41) is 1.09. The van der Waals surface area contributed by atoms with Gasteiger partial charge in [-0.1, -0.05) is 65.7 Å². The highest BCUT2D eigenvalue weighted by atomic mass is 35.5. The summed E-state index contributed by atoms with van der Waals surface area (Å²) in [4.78, 5) is 31.5. The summed E-state index contributed by atoms with van der Waals surface area (Å²) < 4.78 is 11.3. The molecule has 4 rings (SSSR count). The number of amides is 1. The molecule has 1 aromatic heterocycles. The molecule has 0 aliphatic carbocycles. The molecule has 0 saturated carbocycles. The number of oxazole rings is 1. The van der Waals surface area contributed by atoms with Gasteiger partial charge >= 0.3 is 5.97 Å². The number of carbonyl (C=O) groups is 2. The van der Waals surface area contributed by atoms with E-state index in [4.69, 9.17) is 32.4 Å². The largest absolute Gasteiger partial charge is 0.447 e. The molecule has 1 atom stereocenters. The Morgan fingerprint density at radius 3 is 2.45 bits per heavy atom. The van der Waals surface area contributed by atoms with E-state index in [9.17, 15) is 9.59 Å². The summed E-state index contributed by atoms with van der Waals surface area (Å²) in [5.41, 5.74) is 2.53. The molecule has 0 radical (unpaired) electrons. The Hall–Kier alpha value is -3.35. The Labute approximate surface area is 200 Å². The first kappa shape index (κ1) is 22.8. The Morgan fingerprint density at radius 1 is 0.970 bits per heavy atom. The molecule has 33 heavy (non-hydrogen) atoms. The molecule has 0 aliphatic rings. The van der Waals surface area contributed by atoms with E-state index in [2.05, 4.69) is 4.98 Å². The lowest BCUT2D eigenvalue weighted by Gasteiger charge is -2.26. The number of aromatic nitrogens is 1. The zero-order valence-corrected chi connectivity index (χ0v) is 19.2. The lowest BCUT2D eigenvalue weighted by atomic mass is 10.1. The van der Waals surface area contributed by atoms with Gasteiger partial charge in [0.25, 0.3) is 5.91 Å². The standard InChI is InChI=1S/C25H20Cl2N2O4/c1-16(30)32-24(18-7-3-2-4-8-18)25(31)29(14-17-6-5-9-19(26)12-17)15-23-28-21-13-20(27)10-11-22(21)33-23/h2-13,24H,14-15H2,1H3/t24-/m1/s1. The number of ether oxygens (including phenoxy) is 1. The van der Waals surface area contributed by atoms with Gasteiger partial charge in [0.1, 0.15) is 5.52 Å². The molecular formula is C25H20Cl2N2O4. The molecule has 0 fully saturated rings. The summed E-state index contributed by atoms with van der Waals surface area (Å²) in [6.45, 7) is 1.54. The van der Waals surface area contributed by atoms with Crippen LogP contribution < -0.4 is 0 Å². The van der Waals surface area contributed by atoms with Gasteiger partial charge in [0.15, 0.2) is 5.58 Å². The van der Waals surface area contributed by atoms with E-state index in [1.165, 1.54) is 11.8 Å². The SMILES string of the molecule is CC(=O)O[C@@H](C(=O)N(Cc1cccc(Cl)c1)Cc1nc2cc(Cl)ccc2o1)c1ccccc1. The average Bonchev–Trinajstić information content (AvgIpc) is 3.18. The van der Waals surface area contributed by atoms with E-state index in [0.717, 1.165) is 5.56 Å². The molecule has 168 valence electrons. The normalized spacial score (nSPS) is 11.8. The molecule has 6 nitrogen and oxygen atoms in total. The van der Waals surface area contributed by atoms with Crippen LogP contribution in [0.5, 0.6) is 0 Å². The minimum Gasteiger partial charge on any atom is -0.447 e. The summed E-state index contributed by atoms with van der Waals surface area (Å²) in [6, 6.07) is 21.2. The number of benzene rings is 3. The first-order valence-corrected chi connectivity index (χ1v) is 10.9. The highest BCUT2D eigenvalue weighted by molar-refractivity contribution is 6.31. The van der Waals surface area contributed by atoms with E-state index in [0.29, 0.717) is 32.6 Å². The Bertz CT molecular complexity index is 1290. The van der Waals surface area contributed by atoms with Gasteiger partial charge < -0.3 is 14.1 Å². The molecule has 4 aromatic rings. The first-order chi connectivity index (χ1) is 15.9. The fraction of sp³-hybridized carbons (Fsp3) is 0.160. The van der Waals surface area contributed by atoms with Crippen molar-refractivity contribution in [3.05, 3.63) is 99.9 Å². The van der Waals surface area contributed by atoms with Crippen LogP contribution in [-0.2, 0) is 27.4 Å². The van der Waals surface area contributed by atoms with Gasteiger partial charge in [-0.05, 0) is 35.9 Å². The predicted octanol–water partition coefficient (Wildman–Crippen LogP) is 5.97. The highest BCUT2D eigenvalue weighted by Gasteiger charge is 2.30. The maximum absolute atomic E-state index is 13.7. The summed E-state index contributed by atoms with van der Waals surface area (Å²) in [6.07, 6.45) is -1.11. The van der Waals surface area contributed by atoms with Crippen molar-refractivity contribution in [3.8, 4) is 0 Å². The third kappa shape index (κ3) is 5.72. The van der Waals surface area contributed by atoms with Gasteiger partial charge in [0.2, 0.25) is 12.0 Å². The second kappa shape index (κ2) is 10.1. The Morgan fingerprint density at radius 2 is 1.73 bits per heavy atom. The van der Waals surface area contributed by atoms with Gasteiger partial charge in [-0.25, -0.2) is 4.98 Å². The fourth-order valence-electron chi connectivity index (χ4n) is 3.47.